The van der Waals surface area contributed by atoms with Crippen molar-refractivity contribution < 1.29 is 0 Å². The van der Waals surface area contributed by atoms with Crippen molar-refractivity contribution in [2.45, 2.75) is 32.2 Å². The maximum Gasteiger partial charge on any atom is 0.0110 e. The van der Waals surface area contributed by atoms with E-state index in [0.29, 0.717) is 0 Å². The molecule has 0 spiro atoms. The summed E-state index contributed by atoms with van der Waals surface area (Å²) in [6, 6.07) is 0.843. The van der Waals surface area contributed by atoms with Gasteiger partial charge in [-0.3, -0.25) is 0 Å². The molecule has 2 rings (SSSR count). The van der Waals surface area contributed by atoms with Crippen LogP contribution in [0.25, 0.3) is 0 Å². The Balaban J connectivity index is 1.75. The van der Waals surface area contributed by atoms with E-state index in [9.17, 15) is 0 Å². The smallest absolute Gasteiger partial charge is 0.0110 e. The molecule has 0 amide bonds. The van der Waals surface area contributed by atoms with Crippen molar-refractivity contribution in [1.29, 1.82) is 0 Å². The number of allylic oxidation sites excluding steroid dienone is 2. The molecule has 11 heavy (non-hydrogen) atoms. The van der Waals surface area contributed by atoms with E-state index < -0.39 is 0 Å². The van der Waals surface area contributed by atoms with Crippen molar-refractivity contribution in [3.05, 3.63) is 12.2 Å². The maximum atomic E-state index is 3.60. The van der Waals surface area contributed by atoms with E-state index in [0.717, 1.165) is 17.9 Å². The van der Waals surface area contributed by atoms with Crippen molar-refractivity contribution in [2.75, 3.05) is 6.54 Å². The minimum absolute atomic E-state index is 0.843. The fraction of sp³-hybridized carbons (Fsp3) is 0.800. The van der Waals surface area contributed by atoms with Gasteiger partial charge in [0.2, 0.25) is 0 Å². The van der Waals surface area contributed by atoms with Gasteiger partial charge in [-0.25, -0.2) is 0 Å². The molecule has 1 saturated carbocycles. The Morgan fingerprint density at radius 3 is 3.18 bits per heavy atom. The van der Waals surface area contributed by atoms with Crippen LogP contribution in [0.5, 0.6) is 0 Å². The fourth-order valence-electron chi connectivity index (χ4n) is 2.28. The molecule has 1 nitrogen and oxygen atoms in total. The first-order valence-corrected chi connectivity index (χ1v) is 4.82. The summed E-state index contributed by atoms with van der Waals surface area (Å²) >= 11 is 0. The number of rotatable bonds is 3. The summed E-state index contributed by atoms with van der Waals surface area (Å²) in [5, 5.41) is 3.60. The summed E-state index contributed by atoms with van der Waals surface area (Å²) in [6.07, 6.45) is 8.73. The first kappa shape index (κ1) is 7.35. The lowest BCUT2D eigenvalue weighted by molar-refractivity contribution is 0.160. The van der Waals surface area contributed by atoms with E-state index in [2.05, 4.69) is 24.4 Å². The van der Waals surface area contributed by atoms with Gasteiger partial charge in [-0.15, -0.1) is 0 Å². The monoisotopic (exact) mass is 151 g/mol. The number of hydrogen-bond donors (Lipinski definition) is 1. The normalized spacial score (nSPS) is 40.3. The van der Waals surface area contributed by atoms with Gasteiger partial charge in [-0.05, 0) is 37.6 Å². The predicted octanol–water partition coefficient (Wildman–Crippen LogP) is 1.95. The van der Waals surface area contributed by atoms with Crippen LogP contribution in [-0.4, -0.2) is 12.6 Å². The summed E-state index contributed by atoms with van der Waals surface area (Å²) in [6.45, 7) is 3.43. The lowest BCUT2D eigenvalue weighted by atomic mass is 9.71. The van der Waals surface area contributed by atoms with Crippen molar-refractivity contribution >= 4 is 0 Å². The van der Waals surface area contributed by atoms with Crippen LogP contribution < -0.4 is 5.32 Å². The summed E-state index contributed by atoms with van der Waals surface area (Å²) in [5.41, 5.74) is 0. The molecule has 0 heterocycles. The van der Waals surface area contributed by atoms with Crippen LogP contribution in [-0.2, 0) is 0 Å². The van der Waals surface area contributed by atoms with E-state index in [-0.39, 0.29) is 0 Å². The quantitative estimate of drug-likeness (QED) is 0.608. The third-order valence-electron chi connectivity index (χ3n) is 3.04. The summed E-state index contributed by atoms with van der Waals surface area (Å²) in [4.78, 5) is 0. The Bertz CT molecular complexity index is 162. The molecular weight excluding hydrogens is 134 g/mol. The average Bonchev–Trinajstić information content (AvgIpc) is 2.33. The van der Waals surface area contributed by atoms with Crippen LogP contribution in [0.2, 0.25) is 0 Å². The molecule has 0 aromatic rings. The first-order chi connectivity index (χ1) is 5.42. The Kier molecular flexibility index (Phi) is 1.99. The standard InChI is InChI=1S/C10H17N/c1-2-6-11-10-7-8-4-3-5-9(8)10/h3-4,8-11H,2,5-7H2,1H3. The highest BCUT2D eigenvalue weighted by Gasteiger charge is 2.40. The highest BCUT2D eigenvalue weighted by Crippen LogP contribution is 2.42. The molecule has 1 N–H and O–H groups in total. The third kappa shape index (κ3) is 1.22. The average molecular weight is 151 g/mol. The predicted molar refractivity (Wildman–Crippen MR) is 47.4 cm³/mol. The molecule has 2 aliphatic carbocycles. The third-order valence-corrected chi connectivity index (χ3v) is 3.04. The van der Waals surface area contributed by atoms with Gasteiger partial charge in [0.15, 0.2) is 0 Å². The topological polar surface area (TPSA) is 12.0 Å². The van der Waals surface area contributed by atoms with E-state index in [4.69, 9.17) is 0 Å². The molecule has 3 atom stereocenters. The molecule has 0 bridgehead atoms. The van der Waals surface area contributed by atoms with E-state index in [1.807, 2.05) is 0 Å². The molecular formula is C10H17N. The molecule has 3 unspecified atom stereocenters. The second-order valence-corrected chi connectivity index (χ2v) is 3.79. The lowest BCUT2D eigenvalue weighted by Gasteiger charge is -2.41. The van der Waals surface area contributed by atoms with Crippen molar-refractivity contribution in [2.24, 2.45) is 11.8 Å². The van der Waals surface area contributed by atoms with Crippen molar-refractivity contribution in [3.8, 4) is 0 Å². The summed E-state index contributed by atoms with van der Waals surface area (Å²) in [5.74, 6) is 1.89. The van der Waals surface area contributed by atoms with Crippen LogP contribution in [0.4, 0.5) is 0 Å². The molecule has 0 aromatic carbocycles. The fourth-order valence-corrected chi connectivity index (χ4v) is 2.28. The van der Waals surface area contributed by atoms with Gasteiger partial charge in [0, 0.05) is 6.04 Å². The first-order valence-electron chi connectivity index (χ1n) is 4.82. The zero-order valence-corrected chi connectivity index (χ0v) is 7.22. The summed E-state index contributed by atoms with van der Waals surface area (Å²) < 4.78 is 0. The zero-order valence-electron chi connectivity index (χ0n) is 7.22. The highest BCUT2D eigenvalue weighted by atomic mass is 14.9. The minimum Gasteiger partial charge on any atom is -0.314 e. The summed E-state index contributed by atoms with van der Waals surface area (Å²) in [7, 11) is 0. The lowest BCUT2D eigenvalue weighted by Crippen LogP contribution is -2.48. The van der Waals surface area contributed by atoms with Gasteiger partial charge in [0.1, 0.15) is 0 Å². The second-order valence-electron chi connectivity index (χ2n) is 3.79. The minimum atomic E-state index is 0.843. The number of hydrogen-bond acceptors (Lipinski definition) is 1. The Hall–Kier alpha value is -0.300. The Morgan fingerprint density at radius 2 is 2.45 bits per heavy atom. The van der Waals surface area contributed by atoms with Crippen LogP contribution in [0, 0.1) is 11.8 Å². The Morgan fingerprint density at radius 1 is 1.55 bits per heavy atom. The van der Waals surface area contributed by atoms with E-state index in [1.165, 1.54) is 25.8 Å². The number of fused-ring (bicyclic) bond motifs is 1. The van der Waals surface area contributed by atoms with Gasteiger partial charge in [-0.2, -0.15) is 0 Å². The van der Waals surface area contributed by atoms with Gasteiger partial charge in [-0.1, -0.05) is 19.1 Å². The molecule has 2 aliphatic rings. The van der Waals surface area contributed by atoms with Crippen LogP contribution in [0.1, 0.15) is 26.2 Å². The van der Waals surface area contributed by atoms with Crippen molar-refractivity contribution in [3.63, 3.8) is 0 Å². The molecule has 0 aromatic heterocycles. The number of nitrogens with one attached hydrogen (secondary N) is 1. The molecule has 0 aliphatic heterocycles. The molecule has 62 valence electrons. The zero-order chi connectivity index (χ0) is 7.68. The van der Waals surface area contributed by atoms with Crippen LogP contribution in [0.3, 0.4) is 0 Å². The second kappa shape index (κ2) is 2.98. The largest absolute Gasteiger partial charge is 0.314 e. The molecule has 0 radical (unpaired) electrons. The SMILES string of the molecule is CCCNC1CC2C=CCC21. The highest BCUT2D eigenvalue weighted by molar-refractivity contribution is 5.12. The van der Waals surface area contributed by atoms with Gasteiger partial charge >= 0.3 is 0 Å². The van der Waals surface area contributed by atoms with E-state index >= 15 is 0 Å². The van der Waals surface area contributed by atoms with Crippen LogP contribution >= 0.6 is 0 Å². The molecule has 0 saturated heterocycles. The van der Waals surface area contributed by atoms with Gasteiger partial charge in [0.05, 0.1) is 0 Å². The molecule has 1 fully saturated rings. The van der Waals surface area contributed by atoms with Crippen LogP contribution in [0.15, 0.2) is 12.2 Å². The van der Waals surface area contributed by atoms with Crippen molar-refractivity contribution in [1.82, 2.24) is 5.32 Å². The van der Waals surface area contributed by atoms with E-state index in [1.54, 1.807) is 0 Å². The van der Waals surface area contributed by atoms with Gasteiger partial charge in [0.25, 0.3) is 0 Å². The molecule has 1 heteroatoms. The van der Waals surface area contributed by atoms with Gasteiger partial charge < -0.3 is 5.32 Å². The maximum absolute atomic E-state index is 3.60. The Labute approximate surface area is 68.9 Å².